The average Bonchev–Trinajstić information content (AvgIpc) is 2.49. The fourth-order valence-corrected chi connectivity index (χ4v) is 1.65. The molecule has 0 aliphatic carbocycles. The Bertz CT molecular complexity index is 181. The summed E-state index contributed by atoms with van der Waals surface area (Å²) in [6.45, 7) is 6.40. The van der Waals surface area contributed by atoms with Crippen LogP contribution in [0.4, 0.5) is 0 Å². The van der Waals surface area contributed by atoms with Crippen molar-refractivity contribution in [3.63, 3.8) is 0 Å². The highest BCUT2D eigenvalue weighted by molar-refractivity contribution is 5.05. The lowest BCUT2D eigenvalue weighted by atomic mass is 10.0. The molecule has 0 amide bonds. The molecule has 0 unspecified atom stereocenters. The standard InChI is InChI=1S/C10H18N2/c1-5-9-6-11-7-10(9)12(4)8(2)3/h1,8-11H,6-7H2,2-4H3/t9-,10-/m0/s1. The van der Waals surface area contributed by atoms with E-state index in [0.717, 1.165) is 13.1 Å². The molecule has 2 atom stereocenters. The number of hydrogen-bond donors (Lipinski definition) is 1. The highest BCUT2D eigenvalue weighted by Crippen LogP contribution is 2.15. The van der Waals surface area contributed by atoms with Crippen LogP contribution >= 0.6 is 0 Å². The van der Waals surface area contributed by atoms with E-state index in [9.17, 15) is 0 Å². The fourth-order valence-electron chi connectivity index (χ4n) is 1.65. The van der Waals surface area contributed by atoms with Gasteiger partial charge in [0, 0.05) is 31.1 Å². The van der Waals surface area contributed by atoms with E-state index < -0.39 is 0 Å². The summed E-state index contributed by atoms with van der Waals surface area (Å²) in [5.41, 5.74) is 0. The van der Waals surface area contributed by atoms with Crippen LogP contribution in [0.5, 0.6) is 0 Å². The smallest absolute Gasteiger partial charge is 0.0492 e. The molecule has 1 fully saturated rings. The summed E-state index contributed by atoms with van der Waals surface area (Å²) in [5, 5.41) is 3.32. The first-order valence-electron chi connectivity index (χ1n) is 4.55. The molecule has 1 N–H and O–H groups in total. The normalized spacial score (nSPS) is 29.7. The maximum Gasteiger partial charge on any atom is 0.0492 e. The summed E-state index contributed by atoms with van der Waals surface area (Å²) in [5.74, 6) is 3.23. The van der Waals surface area contributed by atoms with Crippen LogP contribution in [-0.4, -0.2) is 37.1 Å². The van der Waals surface area contributed by atoms with Crippen LogP contribution in [0, 0.1) is 18.3 Å². The Hall–Kier alpha value is -0.520. The van der Waals surface area contributed by atoms with Gasteiger partial charge >= 0.3 is 0 Å². The average molecular weight is 166 g/mol. The van der Waals surface area contributed by atoms with E-state index in [1.165, 1.54) is 0 Å². The number of likely N-dealkylation sites (N-methyl/N-ethyl adjacent to an activating group) is 1. The van der Waals surface area contributed by atoms with Gasteiger partial charge in [0.1, 0.15) is 0 Å². The maximum absolute atomic E-state index is 5.45. The minimum absolute atomic E-state index is 0.386. The third kappa shape index (κ3) is 1.80. The predicted molar refractivity (Wildman–Crippen MR) is 51.9 cm³/mol. The quantitative estimate of drug-likeness (QED) is 0.603. The monoisotopic (exact) mass is 166 g/mol. The Morgan fingerprint density at radius 2 is 2.17 bits per heavy atom. The fraction of sp³-hybridized carbons (Fsp3) is 0.800. The molecule has 1 aliphatic heterocycles. The van der Waals surface area contributed by atoms with Crippen molar-refractivity contribution in [1.82, 2.24) is 10.2 Å². The second kappa shape index (κ2) is 3.93. The lowest BCUT2D eigenvalue weighted by molar-refractivity contribution is 0.189. The summed E-state index contributed by atoms with van der Waals surface area (Å²) < 4.78 is 0. The Labute approximate surface area is 75.3 Å². The first-order valence-corrected chi connectivity index (χ1v) is 4.55. The van der Waals surface area contributed by atoms with E-state index in [1.807, 2.05) is 0 Å². The van der Waals surface area contributed by atoms with Crippen LogP contribution in [0.15, 0.2) is 0 Å². The van der Waals surface area contributed by atoms with Gasteiger partial charge in [0.2, 0.25) is 0 Å². The Morgan fingerprint density at radius 1 is 1.50 bits per heavy atom. The Kier molecular flexibility index (Phi) is 3.13. The van der Waals surface area contributed by atoms with Crippen molar-refractivity contribution < 1.29 is 0 Å². The van der Waals surface area contributed by atoms with Crippen LogP contribution in [0.25, 0.3) is 0 Å². The number of hydrogen-bond acceptors (Lipinski definition) is 2. The predicted octanol–water partition coefficient (Wildman–Crippen LogP) is 0.548. The van der Waals surface area contributed by atoms with Crippen LogP contribution in [-0.2, 0) is 0 Å². The molecule has 1 heterocycles. The third-order valence-electron chi connectivity index (χ3n) is 2.73. The zero-order valence-electron chi connectivity index (χ0n) is 8.17. The second-order valence-electron chi connectivity index (χ2n) is 3.76. The lowest BCUT2D eigenvalue weighted by Crippen LogP contribution is -2.41. The van der Waals surface area contributed by atoms with Gasteiger partial charge in [0.05, 0.1) is 0 Å². The lowest BCUT2D eigenvalue weighted by Gasteiger charge is -2.29. The van der Waals surface area contributed by atoms with Gasteiger partial charge in [-0.05, 0) is 20.9 Å². The molecule has 0 bridgehead atoms. The molecular weight excluding hydrogens is 148 g/mol. The van der Waals surface area contributed by atoms with Crippen molar-refractivity contribution >= 4 is 0 Å². The van der Waals surface area contributed by atoms with E-state index in [1.54, 1.807) is 0 Å². The first kappa shape index (κ1) is 9.57. The van der Waals surface area contributed by atoms with Crippen molar-refractivity contribution in [3.8, 4) is 12.3 Å². The molecule has 0 radical (unpaired) electrons. The summed E-state index contributed by atoms with van der Waals surface area (Å²) in [6, 6.07) is 1.10. The second-order valence-corrected chi connectivity index (χ2v) is 3.76. The van der Waals surface area contributed by atoms with Crippen molar-refractivity contribution in [3.05, 3.63) is 0 Å². The molecule has 0 saturated carbocycles. The molecule has 1 aliphatic rings. The summed E-state index contributed by atoms with van der Waals surface area (Å²) >= 11 is 0. The minimum Gasteiger partial charge on any atom is -0.314 e. The number of nitrogens with one attached hydrogen (secondary N) is 1. The zero-order chi connectivity index (χ0) is 9.14. The van der Waals surface area contributed by atoms with E-state index in [0.29, 0.717) is 18.0 Å². The molecule has 0 spiro atoms. The molecule has 68 valence electrons. The van der Waals surface area contributed by atoms with Crippen molar-refractivity contribution in [2.75, 3.05) is 20.1 Å². The van der Waals surface area contributed by atoms with Crippen LogP contribution in [0.3, 0.4) is 0 Å². The van der Waals surface area contributed by atoms with Crippen LogP contribution < -0.4 is 5.32 Å². The largest absolute Gasteiger partial charge is 0.314 e. The van der Waals surface area contributed by atoms with Crippen molar-refractivity contribution in [2.45, 2.75) is 25.9 Å². The van der Waals surface area contributed by atoms with E-state index in [2.05, 4.69) is 37.0 Å². The molecule has 12 heavy (non-hydrogen) atoms. The van der Waals surface area contributed by atoms with Gasteiger partial charge in [0.15, 0.2) is 0 Å². The molecule has 1 saturated heterocycles. The molecule has 0 aromatic rings. The highest BCUT2D eigenvalue weighted by atomic mass is 15.2. The number of nitrogens with zero attached hydrogens (tertiary/aromatic N) is 1. The van der Waals surface area contributed by atoms with E-state index in [-0.39, 0.29) is 0 Å². The van der Waals surface area contributed by atoms with Gasteiger partial charge < -0.3 is 5.32 Å². The van der Waals surface area contributed by atoms with Gasteiger partial charge in [-0.1, -0.05) is 0 Å². The van der Waals surface area contributed by atoms with Gasteiger partial charge in [-0.3, -0.25) is 4.90 Å². The molecular formula is C10H18N2. The van der Waals surface area contributed by atoms with E-state index >= 15 is 0 Å². The topological polar surface area (TPSA) is 15.3 Å². The maximum atomic E-state index is 5.45. The van der Waals surface area contributed by atoms with Gasteiger partial charge in [0.25, 0.3) is 0 Å². The van der Waals surface area contributed by atoms with Crippen molar-refractivity contribution in [2.24, 2.45) is 5.92 Å². The molecule has 2 nitrogen and oxygen atoms in total. The number of terminal acetylenes is 1. The zero-order valence-corrected chi connectivity index (χ0v) is 8.17. The SMILES string of the molecule is C#C[C@H]1CNC[C@@H]1N(C)C(C)C. The highest BCUT2D eigenvalue weighted by Gasteiger charge is 2.29. The van der Waals surface area contributed by atoms with E-state index in [4.69, 9.17) is 6.42 Å². The third-order valence-corrected chi connectivity index (χ3v) is 2.73. The minimum atomic E-state index is 0.386. The summed E-state index contributed by atoms with van der Waals surface area (Å²) in [4.78, 5) is 2.35. The van der Waals surface area contributed by atoms with Gasteiger partial charge in [-0.2, -0.15) is 0 Å². The molecule has 0 aromatic heterocycles. The van der Waals surface area contributed by atoms with Gasteiger partial charge in [-0.25, -0.2) is 0 Å². The van der Waals surface area contributed by atoms with Crippen molar-refractivity contribution in [1.29, 1.82) is 0 Å². The Morgan fingerprint density at radius 3 is 2.67 bits per heavy atom. The first-order chi connectivity index (χ1) is 5.66. The summed E-state index contributed by atoms with van der Waals surface area (Å²) in [6.07, 6.45) is 5.45. The van der Waals surface area contributed by atoms with Crippen LogP contribution in [0.2, 0.25) is 0 Å². The Balaban J connectivity index is 2.56. The molecule has 1 rings (SSSR count). The van der Waals surface area contributed by atoms with Gasteiger partial charge in [-0.15, -0.1) is 12.3 Å². The molecule has 2 heteroatoms. The molecule has 0 aromatic carbocycles. The van der Waals surface area contributed by atoms with Crippen LogP contribution in [0.1, 0.15) is 13.8 Å². The summed E-state index contributed by atoms with van der Waals surface area (Å²) in [7, 11) is 2.15. The number of rotatable bonds is 2.